The van der Waals surface area contributed by atoms with Gasteiger partial charge in [0, 0.05) is 18.0 Å². The van der Waals surface area contributed by atoms with Crippen molar-refractivity contribution in [1.29, 1.82) is 0 Å². The molecule has 90 valence electrons. The van der Waals surface area contributed by atoms with Gasteiger partial charge in [-0.25, -0.2) is 0 Å². The number of rotatable bonds is 2. The second-order valence-corrected chi connectivity index (χ2v) is 4.44. The summed E-state index contributed by atoms with van der Waals surface area (Å²) >= 11 is 0. The van der Waals surface area contributed by atoms with Crippen LogP contribution in [0.4, 0.5) is 5.69 Å². The van der Waals surface area contributed by atoms with E-state index in [4.69, 9.17) is 11.5 Å². The first kappa shape index (κ1) is 11.6. The largest absolute Gasteiger partial charge is 0.398 e. The predicted molar refractivity (Wildman–Crippen MR) is 65.6 cm³/mol. The molecule has 1 saturated carbocycles. The monoisotopic (exact) mass is 232 g/mol. The van der Waals surface area contributed by atoms with E-state index < -0.39 is 5.91 Å². The molecule has 2 rings (SSSR count). The Morgan fingerprint density at radius 2 is 2.06 bits per heavy atom. The summed E-state index contributed by atoms with van der Waals surface area (Å²) < 4.78 is 0. The average Bonchev–Trinajstić information content (AvgIpc) is 2.30. The van der Waals surface area contributed by atoms with Crippen molar-refractivity contribution in [2.75, 3.05) is 5.73 Å². The first-order valence-electron chi connectivity index (χ1n) is 5.82. The molecule has 1 aliphatic carbocycles. The number of benzene rings is 1. The molecule has 0 saturated heterocycles. The van der Waals surface area contributed by atoms with Crippen LogP contribution in [0, 0.1) is 0 Å². The van der Waals surface area contributed by atoms with Crippen LogP contribution in [0.25, 0.3) is 0 Å². The fourth-order valence-corrected chi connectivity index (χ4v) is 2.41. The van der Waals surface area contributed by atoms with E-state index in [1.54, 1.807) is 12.1 Å². The van der Waals surface area contributed by atoms with Crippen molar-refractivity contribution in [1.82, 2.24) is 0 Å². The predicted octanol–water partition coefficient (Wildman–Crippen LogP) is 1.59. The van der Waals surface area contributed by atoms with Crippen molar-refractivity contribution in [3.8, 4) is 0 Å². The molecule has 1 atom stereocenters. The molecule has 4 nitrogen and oxygen atoms in total. The summed E-state index contributed by atoms with van der Waals surface area (Å²) in [5.74, 6) is -0.500. The minimum Gasteiger partial charge on any atom is -0.398 e. The van der Waals surface area contributed by atoms with Gasteiger partial charge in [-0.3, -0.25) is 9.59 Å². The first-order valence-corrected chi connectivity index (χ1v) is 5.82. The Kier molecular flexibility index (Phi) is 3.13. The summed E-state index contributed by atoms with van der Waals surface area (Å²) in [6.07, 6.45) is 3.39. The van der Waals surface area contributed by atoms with Gasteiger partial charge in [-0.15, -0.1) is 0 Å². The third kappa shape index (κ3) is 2.16. The molecule has 1 aliphatic rings. The minimum absolute atomic E-state index is 0.164. The highest BCUT2D eigenvalue weighted by molar-refractivity contribution is 6.00. The highest BCUT2D eigenvalue weighted by atomic mass is 16.1. The van der Waals surface area contributed by atoms with Gasteiger partial charge in [0.15, 0.2) is 0 Å². The number of para-hydroxylation sites is 1. The van der Waals surface area contributed by atoms with Crippen LogP contribution in [0.5, 0.6) is 0 Å². The van der Waals surface area contributed by atoms with Crippen molar-refractivity contribution in [3.05, 3.63) is 29.3 Å². The number of amides is 1. The summed E-state index contributed by atoms with van der Waals surface area (Å²) in [5, 5.41) is 0. The number of anilines is 1. The number of ketones is 1. The van der Waals surface area contributed by atoms with Gasteiger partial charge < -0.3 is 11.5 Å². The van der Waals surface area contributed by atoms with E-state index >= 15 is 0 Å². The number of hydrogen-bond acceptors (Lipinski definition) is 3. The van der Waals surface area contributed by atoms with Gasteiger partial charge in [0.25, 0.3) is 5.91 Å². The molecule has 1 unspecified atom stereocenters. The van der Waals surface area contributed by atoms with Crippen molar-refractivity contribution in [3.63, 3.8) is 0 Å². The van der Waals surface area contributed by atoms with Gasteiger partial charge >= 0.3 is 0 Å². The van der Waals surface area contributed by atoms with Crippen molar-refractivity contribution in [2.45, 2.75) is 31.6 Å². The second kappa shape index (κ2) is 4.57. The van der Waals surface area contributed by atoms with Crippen LogP contribution in [0.1, 0.15) is 47.5 Å². The second-order valence-electron chi connectivity index (χ2n) is 4.44. The van der Waals surface area contributed by atoms with Crippen molar-refractivity contribution in [2.24, 2.45) is 5.73 Å². The number of carbonyl (C=O) groups excluding carboxylic acids is 2. The highest BCUT2D eigenvalue weighted by Crippen LogP contribution is 2.34. The first-order chi connectivity index (χ1) is 8.11. The fraction of sp³-hybridized carbons (Fsp3) is 0.385. The van der Waals surface area contributed by atoms with E-state index in [1.165, 1.54) is 0 Å². The van der Waals surface area contributed by atoms with Crippen molar-refractivity contribution >= 4 is 17.4 Å². The average molecular weight is 232 g/mol. The maximum Gasteiger partial charge on any atom is 0.250 e. The van der Waals surface area contributed by atoms with Crippen LogP contribution in [-0.4, -0.2) is 11.7 Å². The Morgan fingerprint density at radius 1 is 1.29 bits per heavy atom. The molecular formula is C13H16N2O2. The van der Waals surface area contributed by atoms with Gasteiger partial charge in [0.1, 0.15) is 5.78 Å². The topological polar surface area (TPSA) is 86.2 Å². The number of nitrogen functional groups attached to an aromatic ring is 1. The molecule has 0 bridgehead atoms. The van der Waals surface area contributed by atoms with E-state index in [-0.39, 0.29) is 11.7 Å². The van der Waals surface area contributed by atoms with Gasteiger partial charge in [-0.2, -0.15) is 0 Å². The van der Waals surface area contributed by atoms with Gasteiger partial charge in [0.05, 0.1) is 5.56 Å². The summed E-state index contributed by atoms with van der Waals surface area (Å²) in [5.41, 5.74) is 12.6. The number of Topliss-reactive ketones (excluding diaryl/α,β-unsaturated/α-hetero) is 1. The van der Waals surface area contributed by atoms with Crippen LogP contribution in [-0.2, 0) is 4.79 Å². The Labute approximate surface area is 100.0 Å². The molecule has 1 aromatic rings. The number of carbonyl (C=O) groups is 2. The summed E-state index contributed by atoms with van der Waals surface area (Å²) in [6.45, 7) is 0. The summed E-state index contributed by atoms with van der Waals surface area (Å²) in [4.78, 5) is 23.1. The Morgan fingerprint density at radius 3 is 2.71 bits per heavy atom. The lowest BCUT2D eigenvalue weighted by atomic mass is 9.81. The molecule has 4 N–H and O–H groups in total. The van der Waals surface area contributed by atoms with Crippen LogP contribution in [0.2, 0.25) is 0 Å². The maximum absolute atomic E-state index is 11.9. The van der Waals surface area contributed by atoms with E-state index in [0.29, 0.717) is 17.7 Å². The zero-order valence-electron chi connectivity index (χ0n) is 9.61. The molecule has 0 radical (unpaired) electrons. The number of nitrogens with two attached hydrogens (primary N) is 2. The van der Waals surface area contributed by atoms with Gasteiger partial charge in [-0.05, 0) is 24.5 Å². The molecule has 0 aromatic heterocycles. The zero-order valence-corrected chi connectivity index (χ0v) is 9.61. The Hall–Kier alpha value is -1.84. The molecule has 0 aliphatic heterocycles. The SMILES string of the molecule is NC(=O)c1cccc(C2CCCCC2=O)c1N. The van der Waals surface area contributed by atoms with E-state index in [1.807, 2.05) is 6.07 Å². The normalized spacial score (nSPS) is 20.2. The lowest BCUT2D eigenvalue weighted by Gasteiger charge is -2.22. The number of primary amides is 1. The van der Waals surface area contributed by atoms with Gasteiger partial charge in [-0.1, -0.05) is 18.6 Å². The third-order valence-corrected chi connectivity index (χ3v) is 3.34. The van der Waals surface area contributed by atoms with E-state index in [9.17, 15) is 9.59 Å². The lowest BCUT2D eigenvalue weighted by molar-refractivity contribution is -0.121. The fourth-order valence-electron chi connectivity index (χ4n) is 2.41. The Balaban J connectivity index is 2.41. The molecule has 0 heterocycles. The quantitative estimate of drug-likeness (QED) is 0.759. The highest BCUT2D eigenvalue weighted by Gasteiger charge is 2.26. The smallest absolute Gasteiger partial charge is 0.250 e. The standard InChI is InChI=1S/C13H16N2O2/c14-12-9(5-3-6-10(12)13(15)17)8-4-1-2-7-11(8)16/h3,5-6,8H,1-2,4,7,14H2,(H2,15,17). The lowest BCUT2D eigenvalue weighted by Crippen LogP contribution is -2.20. The molecule has 0 spiro atoms. The molecular weight excluding hydrogens is 216 g/mol. The van der Waals surface area contributed by atoms with Crippen LogP contribution >= 0.6 is 0 Å². The summed E-state index contributed by atoms with van der Waals surface area (Å²) in [7, 11) is 0. The van der Waals surface area contributed by atoms with Crippen LogP contribution < -0.4 is 11.5 Å². The summed E-state index contributed by atoms with van der Waals surface area (Å²) in [6, 6.07) is 5.14. The zero-order chi connectivity index (χ0) is 12.4. The van der Waals surface area contributed by atoms with Gasteiger partial charge in [0.2, 0.25) is 0 Å². The Bertz CT molecular complexity index is 468. The molecule has 1 fully saturated rings. The molecule has 17 heavy (non-hydrogen) atoms. The molecule has 1 aromatic carbocycles. The van der Waals surface area contributed by atoms with E-state index in [2.05, 4.69) is 0 Å². The van der Waals surface area contributed by atoms with Crippen LogP contribution in [0.3, 0.4) is 0 Å². The van der Waals surface area contributed by atoms with Crippen molar-refractivity contribution < 1.29 is 9.59 Å². The maximum atomic E-state index is 11.9. The number of hydrogen-bond donors (Lipinski definition) is 2. The molecule has 4 heteroatoms. The minimum atomic E-state index is -0.549. The molecule has 1 amide bonds. The van der Waals surface area contributed by atoms with Crippen LogP contribution in [0.15, 0.2) is 18.2 Å². The third-order valence-electron chi connectivity index (χ3n) is 3.34. The van der Waals surface area contributed by atoms with E-state index in [0.717, 1.165) is 24.8 Å².